The summed E-state index contributed by atoms with van der Waals surface area (Å²) in [4.78, 5) is 36.8. The minimum atomic E-state index is -0.963. The van der Waals surface area contributed by atoms with Gasteiger partial charge in [0.1, 0.15) is 0 Å². The highest BCUT2D eigenvalue weighted by atomic mass is 16.4. The third-order valence-corrected chi connectivity index (χ3v) is 4.74. The van der Waals surface area contributed by atoms with Crippen LogP contribution in [0.5, 0.6) is 0 Å². The Balaban J connectivity index is 1.55. The number of carboxylic acid groups (broad SMARTS) is 1. The lowest BCUT2D eigenvalue weighted by molar-refractivity contribution is -0.141. The third-order valence-electron chi connectivity index (χ3n) is 4.74. The van der Waals surface area contributed by atoms with E-state index in [1.807, 2.05) is 31.2 Å². The molecule has 0 spiro atoms. The van der Waals surface area contributed by atoms with E-state index in [0.717, 1.165) is 12.0 Å². The molecule has 1 unspecified atom stereocenters. The Morgan fingerprint density at radius 3 is 2.37 bits per heavy atom. The van der Waals surface area contributed by atoms with Gasteiger partial charge in [0, 0.05) is 30.8 Å². The monoisotopic (exact) mass is 366 g/mol. The fraction of sp³-hybridized carbons (Fsp3) is 0.286. The number of hydrogen-bond donors (Lipinski definition) is 2. The zero-order valence-corrected chi connectivity index (χ0v) is 15.1. The number of aryl methyl sites for hydroxylation is 1. The zero-order valence-electron chi connectivity index (χ0n) is 15.1. The molecule has 2 aromatic rings. The molecule has 6 nitrogen and oxygen atoms in total. The van der Waals surface area contributed by atoms with Crippen LogP contribution in [0.2, 0.25) is 0 Å². The van der Waals surface area contributed by atoms with Crippen LogP contribution < -0.4 is 10.2 Å². The first-order valence-corrected chi connectivity index (χ1v) is 8.91. The van der Waals surface area contributed by atoms with E-state index in [4.69, 9.17) is 5.11 Å². The minimum absolute atomic E-state index is 0.0105. The van der Waals surface area contributed by atoms with Crippen LogP contribution in [0.1, 0.15) is 27.9 Å². The summed E-state index contributed by atoms with van der Waals surface area (Å²) in [7, 11) is 0. The largest absolute Gasteiger partial charge is 0.481 e. The Morgan fingerprint density at radius 2 is 1.78 bits per heavy atom. The van der Waals surface area contributed by atoms with E-state index in [1.54, 1.807) is 24.3 Å². The molecule has 1 aliphatic rings. The van der Waals surface area contributed by atoms with Gasteiger partial charge in [-0.15, -0.1) is 0 Å². The molecule has 1 aliphatic heterocycles. The number of amides is 2. The Bertz CT molecular complexity index is 843. The molecule has 1 atom stereocenters. The van der Waals surface area contributed by atoms with Crippen molar-refractivity contribution < 1.29 is 19.5 Å². The van der Waals surface area contributed by atoms with E-state index in [1.165, 1.54) is 10.5 Å². The quantitative estimate of drug-likeness (QED) is 0.822. The van der Waals surface area contributed by atoms with Gasteiger partial charge in [-0.05, 0) is 43.2 Å². The van der Waals surface area contributed by atoms with Crippen molar-refractivity contribution in [1.29, 1.82) is 0 Å². The topological polar surface area (TPSA) is 86.7 Å². The molecule has 1 fully saturated rings. The number of nitrogens with one attached hydrogen (secondary N) is 1. The molecule has 6 heteroatoms. The molecule has 0 aromatic heterocycles. The summed E-state index contributed by atoms with van der Waals surface area (Å²) < 4.78 is 0. The summed E-state index contributed by atoms with van der Waals surface area (Å²) in [6.07, 6.45) is 0.763. The van der Waals surface area contributed by atoms with Crippen molar-refractivity contribution in [2.75, 3.05) is 18.0 Å². The van der Waals surface area contributed by atoms with Gasteiger partial charge in [0.2, 0.25) is 5.91 Å². The van der Waals surface area contributed by atoms with Crippen molar-refractivity contribution in [3.05, 3.63) is 65.2 Å². The molecule has 0 saturated carbocycles. The molecule has 0 aliphatic carbocycles. The molecule has 3 rings (SSSR count). The van der Waals surface area contributed by atoms with E-state index in [9.17, 15) is 14.4 Å². The van der Waals surface area contributed by atoms with Gasteiger partial charge in [-0.3, -0.25) is 14.4 Å². The van der Waals surface area contributed by atoms with E-state index < -0.39 is 11.9 Å². The first-order chi connectivity index (χ1) is 12.9. The maximum Gasteiger partial charge on any atom is 0.308 e. The number of benzene rings is 2. The van der Waals surface area contributed by atoms with Gasteiger partial charge in [0.25, 0.3) is 5.91 Å². The van der Waals surface area contributed by atoms with Crippen LogP contribution in [0.15, 0.2) is 48.5 Å². The Hall–Kier alpha value is -3.15. The number of anilines is 1. The lowest BCUT2D eigenvalue weighted by atomic mass is 10.1. The smallest absolute Gasteiger partial charge is 0.308 e. The molecule has 2 aromatic carbocycles. The van der Waals surface area contributed by atoms with Crippen LogP contribution in [0.4, 0.5) is 5.69 Å². The first-order valence-electron chi connectivity index (χ1n) is 8.91. The second-order valence-electron chi connectivity index (χ2n) is 6.78. The Labute approximate surface area is 157 Å². The van der Waals surface area contributed by atoms with E-state index >= 15 is 0 Å². The number of carbonyl (C=O) groups excluding carboxylic acids is 2. The van der Waals surface area contributed by atoms with Crippen molar-refractivity contribution in [2.24, 2.45) is 5.92 Å². The molecule has 1 heterocycles. The van der Waals surface area contributed by atoms with E-state index in [2.05, 4.69) is 5.32 Å². The van der Waals surface area contributed by atoms with E-state index in [-0.39, 0.29) is 24.8 Å². The van der Waals surface area contributed by atoms with Crippen LogP contribution in [0, 0.1) is 12.8 Å². The number of carboxylic acids is 1. The minimum Gasteiger partial charge on any atom is -0.481 e. The molecular weight excluding hydrogens is 344 g/mol. The summed E-state index contributed by atoms with van der Waals surface area (Å²) in [6, 6.07) is 14.8. The fourth-order valence-electron chi connectivity index (χ4n) is 3.09. The van der Waals surface area contributed by atoms with Crippen molar-refractivity contribution in [1.82, 2.24) is 5.32 Å². The standard InChI is InChI=1S/C21H22N2O4/c1-14-2-4-15(5-3-14)10-11-22-20(25)16-6-8-18(9-7-16)23-13-17(21(26)27)12-19(23)24/h2-9,17H,10-13H2,1H3,(H,22,25)(H,26,27). The normalized spacial score (nSPS) is 16.4. The van der Waals surface area contributed by atoms with Gasteiger partial charge in [0.15, 0.2) is 0 Å². The van der Waals surface area contributed by atoms with Crippen molar-refractivity contribution in [3.8, 4) is 0 Å². The zero-order chi connectivity index (χ0) is 19.4. The summed E-state index contributed by atoms with van der Waals surface area (Å²) in [5.74, 6) is -2.03. The van der Waals surface area contributed by atoms with Crippen LogP contribution in [0.3, 0.4) is 0 Å². The lowest BCUT2D eigenvalue weighted by Gasteiger charge is -2.16. The summed E-state index contributed by atoms with van der Waals surface area (Å²) in [5.41, 5.74) is 3.48. The van der Waals surface area contributed by atoms with Gasteiger partial charge >= 0.3 is 5.97 Å². The maximum absolute atomic E-state index is 12.3. The van der Waals surface area contributed by atoms with Crippen LogP contribution in [-0.4, -0.2) is 36.0 Å². The second-order valence-corrected chi connectivity index (χ2v) is 6.78. The van der Waals surface area contributed by atoms with Gasteiger partial charge in [0.05, 0.1) is 5.92 Å². The fourth-order valence-corrected chi connectivity index (χ4v) is 3.09. The van der Waals surface area contributed by atoms with Gasteiger partial charge in [-0.2, -0.15) is 0 Å². The lowest BCUT2D eigenvalue weighted by Crippen LogP contribution is -2.27. The molecule has 2 N–H and O–H groups in total. The highest BCUT2D eigenvalue weighted by Crippen LogP contribution is 2.25. The Morgan fingerprint density at radius 1 is 1.11 bits per heavy atom. The predicted octanol–water partition coefficient (Wildman–Crippen LogP) is 2.41. The van der Waals surface area contributed by atoms with Crippen molar-refractivity contribution in [3.63, 3.8) is 0 Å². The number of carbonyl (C=O) groups is 3. The molecule has 1 saturated heterocycles. The predicted molar refractivity (Wildman–Crippen MR) is 102 cm³/mol. The highest BCUT2D eigenvalue weighted by Gasteiger charge is 2.34. The maximum atomic E-state index is 12.3. The number of aliphatic carboxylic acids is 1. The van der Waals surface area contributed by atoms with Crippen molar-refractivity contribution >= 4 is 23.5 Å². The second kappa shape index (κ2) is 8.03. The first kappa shape index (κ1) is 18.6. The van der Waals surface area contributed by atoms with Crippen LogP contribution >= 0.6 is 0 Å². The van der Waals surface area contributed by atoms with Crippen LogP contribution in [0.25, 0.3) is 0 Å². The summed E-state index contributed by atoms with van der Waals surface area (Å²) in [6.45, 7) is 2.73. The SMILES string of the molecule is Cc1ccc(CCNC(=O)c2ccc(N3CC(C(=O)O)CC3=O)cc2)cc1. The average molecular weight is 366 g/mol. The summed E-state index contributed by atoms with van der Waals surface area (Å²) >= 11 is 0. The third kappa shape index (κ3) is 4.53. The molecule has 140 valence electrons. The Kier molecular flexibility index (Phi) is 5.54. The average Bonchev–Trinajstić information content (AvgIpc) is 3.05. The highest BCUT2D eigenvalue weighted by molar-refractivity contribution is 6.00. The van der Waals surface area contributed by atoms with E-state index in [0.29, 0.717) is 17.8 Å². The van der Waals surface area contributed by atoms with Crippen molar-refractivity contribution in [2.45, 2.75) is 19.8 Å². The molecule has 2 amide bonds. The van der Waals surface area contributed by atoms with Crippen LogP contribution in [-0.2, 0) is 16.0 Å². The molecule has 27 heavy (non-hydrogen) atoms. The van der Waals surface area contributed by atoms with Gasteiger partial charge < -0.3 is 15.3 Å². The number of hydrogen-bond acceptors (Lipinski definition) is 3. The summed E-state index contributed by atoms with van der Waals surface area (Å²) in [5, 5.41) is 11.9. The number of nitrogens with zero attached hydrogens (tertiary/aromatic N) is 1. The van der Waals surface area contributed by atoms with Gasteiger partial charge in [-0.1, -0.05) is 29.8 Å². The number of rotatable bonds is 6. The van der Waals surface area contributed by atoms with Gasteiger partial charge in [-0.25, -0.2) is 0 Å². The molecule has 0 radical (unpaired) electrons. The molecule has 0 bridgehead atoms. The molecular formula is C21H22N2O4.